The Morgan fingerprint density at radius 1 is 1.32 bits per heavy atom. The molecular formula is C14H12N4O. The van der Waals surface area contributed by atoms with Gasteiger partial charge < -0.3 is 5.73 Å². The number of carbonyl (C=O) groups excluding carboxylic acids is 1. The van der Waals surface area contributed by atoms with Gasteiger partial charge >= 0.3 is 0 Å². The molecule has 0 fully saturated rings. The number of fused-ring (bicyclic) bond motifs is 1. The van der Waals surface area contributed by atoms with Crippen LogP contribution in [0.15, 0.2) is 42.7 Å². The molecule has 3 rings (SSSR count). The van der Waals surface area contributed by atoms with Crippen molar-refractivity contribution in [2.45, 2.75) is 6.92 Å². The van der Waals surface area contributed by atoms with Gasteiger partial charge in [0.15, 0.2) is 11.4 Å². The first-order valence-electron chi connectivity index (χ1n) is 5.86. The molecule has 0 aliphatic carbocycles. The summed E-state index contributed by atoms with van der Waals surface area (Å²) < 4.78 is 1.66. The van der Waals surface area contributed by atoms with E-state index < -0.39 is 0 Å². The van der Waals surface area contributed by atoms with Crippen LogP contribution in [0.5, 0.6) is 0 Å². The van der Waals surface area contributed by atoms with Crippen molar-refractivity contribution in [1.82, 2.24) is 14.6 Å². The molecule has 0 atom stereocenters. The predicted molar refractivity (Wildman–Crippen MR) is 72.8 cm³/mol. The number of Topliss-reactive ketones (excluding diaryl/α,β-unsaturated/α-hetero) is 1. The summed E-state index contributed by atoms with van der Waals surface area (Å²) in [6.07, 6.45) is 3.21. The van der Waals surface area contributed by atoms with Gasteiger partial charge in [0, 0.05) is 17.4 Å². The molecule has 94 valence electrons. The van der Waals surface area contributed by atoms with Crippen LogP contribution in [0.1, 0.15) is 17.3 Å². The molecule has 0 saturated heterocycles. The Kier molecular flexibility index (Phi) is 2.52. The van der Waals surface area contributed by atoms with Crippen molar-refractivity contribution >= 4 is 17.1 Å². The van der Waals surface area contributed by atoms with Crippen molar-refractivity contribution in [2.24, 2.45) is 0 Å². The maximum atomic E-state index is 11.5. The van der Waals surface area contributed by atoms with Gasteiger partial charge in [0.2, 0.25) is 0 Å². The highest BCUT2D eigenvalue weighted by molar-refractivity contribution is 5.99. The average Bonchev–Trinajstić information content (AvgIpc) is 2.82. The Hall–Kier alpha value is -2.69. The maximum Gasteiger partial charge on any atom is 0.166 e. The van der Waals surface area contributed by atoms with Gasteiger partial charge in [-0.2, -0.15) is 5.10 Å². The molecule has 0 unspecified atom stereocenters. The minimum atomic E-state index is -0.0489. The van der Waals surface area contributed by atoms with Crippen molar-refractivity contribution in [1.29, 1.82) is 0 Å². The van der Waals surface area contributed by atoms with E-state index in [4.69, 9.17) is 5.73 Å². The van der Waals surface area contributed by atoms with E-state index in [0.29, 0.717) is 16.9 Å². The van der Waals surface area contributed by atoms with Crippen molar-refractivity contribution in [3.63, 3.8) is 0 Å². The van der Waals surface area contributed by atoms with Gasteiger partial charge in [0.1, 0.15) is 0 Å². The third kappa shape index (κ3) is 1.85. The lowest BCUT2D eigenvalue weighted by atomic mass is 10.1. The molecule has 0 saturated carbocycles. The number of nitrogen functional groups attached to an aromatic ring is 1. The molecule has 0 amide bonds. The van der Waals surface area contributed by atoms with Crippen molar-refractivity contribution in [3.8, 4) is 11.3 Å². The summed E-state index contributed by atoms with van der Waals surface area (Å²) in [5.74, 6) is -0.0489. The summed E-state index contributed by atoms with van der Waals surface area (Å²) in [5, 5.41) is 4.24. The highest BCUT2D eigenvalue weighted by Gasteiger charge is 2.12. The standard InChI is InChI=1S/C14H12N4O/c1-9(19)12-8-17-18-13(5-6-16-14(12)18)10-3-2-4-11(15)7-10/h2-8H,15H2,1H3. The zero-order chi connectivity index (χ0) is 13.4. The number of nitrogens with zero attached hydrogens (tertiary/aromatic N) is 3. The van der Waals surface area contributed by atoms with E-state index in [9.17, 15) is 4.79 Å². The van der Waals surface area contributed by atoms with Crippen LogP contribution in [0.25, 0.3) is 16.9 Å². The molecule has 2 N–H and O–H groups in total. The molecule has 0 aliphatic rings. The molecule has 2 aromatic heterocycles. The second-order valence-corrected chi connectivity index (χ2v) is 4.31. The Bertz CT molecular complexity index is 776. The summed E-state index contributed by atoms with van der Waals surface area (Å²) in [7, 11) is 0. The number of hydrogen-bond donors (Lipinski definition) is 1. The van der Waals surface area contributed by atoms with Crippen LogP contribution >= 0.6 is 0 Å². The van der Waals surface area contributed by atoms with Gasteiger partial charge in [-0.3, -0.25) is 4.79 Å². The minimum Gasteiger partial charge on any atom is -0.399 e. The topological polar surface area (TPSA) is 73.3 Å². The summed E-state index contributed by atoms with van der Waals surface area (Å²) in [5.41, 5.74) is 9.34. The van der Waals surface area contributed by atoms with Gasteiger partial charge in [-0.15, -0.1) is 0 Å². The highest BCUT2D eigenvalue weighted by Crippen LogP contribution is 2.22. The molecule has 2 heterocycles. The van der Waals surface area contributed by atoms with Crippen LogP contribution in [-0.4, -0.2) is 20.4 Å². The first kappa shape index (κ1) is 11.4. The van der Waals surface area contributed by atoms with Gasteiger partial charge in [0.25, 0.3) is 0 Å². The number of benzene rings is 1. The van der Waals surface area contributed by atoms with E-state index in [1.54, 1.807) is 16.9 Å². The van der Waals surface area contributed by atoms with Crippen LogP contribution in [0.2, 0.25) is 0 Å². The lowest BCUT2D eigenvalue weighted by Gasteiger charge is -2.05. The fraction of sp³-hybridized carbons (Fsp3) is 0.0714. The largest absolute Gasteiger partial charge is 0.399 e. The van der Waals surface area contributed by atoms with E-state index in [2.05, 4.69) is 10.1 Å². The number of ketones is 1. The van der Waals surface area contributed by atoms with Crippen LogP contribution < -0.4 is 5.73 Å². The van der Waals surface area contributed by atoms with E-state index >= 15 is 0 Å². The first-order valence-corrected chi connectivity index (χ1v) is 5.86. The Labute approximate surface area is 109 Å². The number of anilines is 1. The van der Waals surface area contributed by atoms with Gasteiger partial charge in [-0.05, 0) is 25.1 Å². The fourth-order valence-corrected chi connectivity index (χ4v) is 2.06. The quantitative estimate of drug-likeness (QED) is 0.560. The molecule has 0 bridgehead atoms. The number of hydrogen-bond acceptors (Lipinski definition) is 4. The fourth-order valence-electron chi connectivity index (χ4n) is 2.06. The second-order valence-electron chi connectivity index (χ2n) is 4.31. The first-order chi connectivity index (χ1) is 9.16. The Morgan fingerprint density at radius 3 is 2.89 bits per heavy atom. The molecule has 1 aromatic carbocycles. The van der Waals surface area contributed by atoms with E-state index in [0.717, 1.165) is 11.3 Å². The molecule has 3 aromatic rings. The average molecular weight is 252 g/mol. The molecule has 19 heavy (non-hydrogen) atoms. The summed E-state index contributed by atoms with van der Waals surface area (Å²) >= 11 is 0. The predicted octanol–water partition coefficient (Wildman–Crippen LogP) is 2.18. The lowest BCUT2D eigenvalue weighted by molar-refractivity contribution is 0.101. The highest BCUT2D eigenvalue weighted by atomic mass is 16.1. The maximum absolute atomic E-state index is 11.5. The Balaban J connectivity index is 2.28. The van der Waals surface area contributed by atoms with Crippen LogP contribution in [0.4, 0.5) is 5.69 Å². The zero-order valence-electron chi connectivity index (χ0n) is 10.4. The number of aromatic nitrogens is 3. The van der Waals surface area contributed by atoms with Crippen LogP contribution in [-0.2, 0) is 0 Å². The van der Waals surface area contributed by atoms with Gasteiger partial charge in [-0.1, -0.05) is 12.1 Å². The summed E-state index contributed by atoms with van der Waals surface area (Å²) in [6, 6.07) is 9.36. The summed E-state index contributed by atoms with van der Waals surface area (Å²) in [6.45, 7) is 1.51. The van der Waals surface area contributed by atoms with Gasteiger partial charge in [-0.25, -0.2) is 9.50 Å². The number of carbonyl (C=O) groups is 1. The SMILES string of the molecule is CC(=O)c1cnn2c(-c3cccc(N)c3)ccnc12. The molecule has 5 heteroatoms. The third-order valence-corrected chi connectivity index (χ3v) is 2.96. The molecular weight excluding hydrogens is 240 g/mol. The van der Waals surface area contributed by atoms with Crippen molar-refractivity contribution in [2.75, 3.05) is 5.73 Å². The molecule has 0 radical (unpaired) electrons. The molecule has 0 aliphatic heterocycles. The number of nitrogens with two attached hydrogens (primary N) is 1. The monoisotopic (exact) mass is 252 g/mol. The number of rotatable bonds is 2. The second kappa shape index (κ2) is 4.20. The van der Waals surface area contributed by atoms with Crippen molar-refractivity contribution in [3.05, 3.63) is 48.3 Å². The normalized spacial score (nSPS) is 10.8. The minimum absolute atomic E-state index is 0.0489. The van der Waals surface area contributed by atoms with E-state index in [1.165, 1.54) is 6.92 Å². The zero-order valence-corrected chi connectivity index (χ0v) is 10.4. The van der Waals surface area contributed by atoms with Crippen LogP contribution in [0, 0.1) is 0 Å². The smallest absolute Gasteiger partial charge is 0.166 e. The summed E-state index contributed by atoms with van der Waals surface area (Å²) in [4.78, 5) is 15.7. The molecule has 0 spiro atoms. The van der Waals surface area contributed by atoms with E-state index in [-0.39, 0.29) is 5.78 Å². The Morgan fingerprint density at radius 2 is 2.16 bits per heavy atom. The van der Waals surface area contributed by atoms with Gasteiger partial charge in [0.05, 0.1) is 17.5 Å². The van der Waals surface area contributed by atoms with Crippen LogP contribution in [0.3, 0.4) is 0 Å². The van der Waals surface area contributed by atoms with Crippen molar-refractivity contribution < 1.29 is 4.79 Å². The molecule has 5 nitrogen and oxygen atoms in total. The third-order valence-electron chi connectivity index (χ3n) is 2.96. The lowest BCUT2D eigenvalue weighted by Crippen LogP contribution is -1.98. The van der Waals surface area contributed by atoms with E-state index in [1.807, 2.05) is 30.3 Å².